The van der Waals surface area contributed by atoms with Crippen molar-refractivity contribution in [2.24, 2.45) is 0 Å². The van der Waals surface area contributed by atoms with E-state index in [2.05, 4.69) is 0 Å². The second-order valence-electron chi connectivity index (χ2n) is 2.90. The van der Waals surface area contributed by atoms with E-state index < -0.39 is 0 Å². The van der Waals surface area contributed by atoms with Crippen LogP contribution in [0.4, 0.5) is 0 Å². The number of aromatic hydroxyl groups is 3. The van der Waals surface area contributed by atoms with Crippen molar-refractivity contribution in [1.29, 1.82) is 0 Å². The zero-order valence-electron chi connectivity index (χ0n) is 7.92. The van der Waals surface area contributed by atoms with Crippen molar-refractivity contribution in [3.63, 3.8) is 0 Å². The van der Waals surface area contributed by atoms with Gasteiger partial charge in [0.25, 0.3) is 0 Å². The van der Waals surface area contributed by atoms with Gasteiger partial charge in [0.05, 0.1) is 13.7 Å². The quantitative estimate of drug-likeness (QED) is 0.636. The average molecular weight is 436 g/mol. The van der Waals surface area contributed by atoms with Crippen molar-refractivity contribution < 1.29 is 20.1 Å². The molecule has 0 bridgehead atoms. The SMILES string of the molecule is COCCc1c(O)c(I)c(O)c(I)c1O. The number of rotatable bonds is 3. The van der Waals surface area contributed by atoms with Crippen LogP contribution in [0.15, 0.2) is 0 Å². The summed E-state index contributed by atoms with van der Waals surface area (Å²) in [7, 11) is 1.55. The standard InChI is InChI=1S/C9H10I2O4/c1-15-3-2-4-7(12)5(10)9(14)6(11)8(4)13/h12-14H,2-3H2,1H3. The average Bonchev–Trinajstić information content (AvgIpc) is 2.24. The highest BCUT2D eigenvalue weighted by Crippen LogP contribution is 2.43. The third-order valence-corrected chi connectivity index (χ3v) is 4.00. The lowest BCUT2D eigenvalue weighted by atomic mass is 10.1. The maximum atomic E-state index is 9.72. The molecular weight excluding hydrogens is 426 g/mol. The van der Waals surface area contributed by atoms with Crippen molar-refractivity contribution in [1.82, 2.24) is 0 Å². The summed E-state index contributed by atoms with van der Waals surface area (Å²) in [5, 5.41) is 29.0. The summed E-state index contributed by atoms with van der Waals surface area (Å²) in [5.41, 5.74) is 0.406. The molecule has 0 saturated carbocycles. The van der Waals surface area contributed by atoms with Crippen LogP contribution in [0.5, 0.6) is 17.2 Å². The van der Waals surface area contributed by atoms with E-state index in [9.17, 15) is 15.3 Å². The molecule has 84 valence electrons. The van der Waals surface area contributed by atoms with Crippen molar-refractivity contribution in [3.05, 3.63) is 12.7 Å². The summed E-state index contributed by atoms with van der Waals surface area (Å²) in [4.78, 5) is 0. The Bertz CT molecular complexity index is 350. The molecule has 15 heavy (non-hydrogen) atoms. The minimum atomic E-state index is -0.0904. The lowest BCUT2D eigenvalue weighted by Gasteiger charge is -2.12. The summed E-state index contributed by atoms with van der Waals surface area (Å²) >= 11 is 3.66. The van der Waals surface area contributed by atoms with E-state index >= 15 is 0 Å². The highest BCUT2D eigenvalue weighted by atomic mass is 127. The molecule has 0 aromatic heterocycles. The third-order valence-electron chi connectivity index (χ3n) is 1.96. The van der Waals surface area contributed by atoms with E-state index in [0.717, 1.165) is 0 Å². The molecule has 0 atom stereocenters. The summed E-state index contributed by atoms with van der Waals surface area (Å²) in [6.07, 6.45) is 0.403. The number of hydrogen-bond acceptors (Lipinski definition) is 4. The topological polar surface area (TPSA) is 69.9 Å². The lowest BCUT2D eigenvalue weighted by Crippen LogP contribution is -1.98. The van der Waals surface area contributed by atoms with Gasteiger partial charge in [0.15, 0.2) is 0 Å². The molecule has 3 N–H and O–H groups in total. The van der Waals surface area contributed by atoms with E-state index in [1.165, 1.54) is 0 Å². The first-order valence-electron chi connectivity index (χ1n) is 4.10. The largest absolute Gasteiger partial charge is 0.506 e. The number of hydrogen-bond donors (Lipinski definition) is 3. The highest BCUT2D eigenvalue weighted by molar-refractivity contribution is 14.1. The molecule has 4 nitrogen and oxygen atoms in total. The number of benzene rings is 1. The first kappa shape index (κ1) is 13.1. The Labute approximate surface area is 115 Å². The molecule has 0 radical (unpaired) electrons. The van der Waals surface area contributed by atoms with E-state index in [-0.39, 0.29) is 17.2 Å². The number of methoxy groups -OCH3 is 1. The van der Waals surface area contributed by atoms with Gasteiger partial charge in [-0.2, -0.15) is 0 Å². The molecule has 0 aliphatic carbocycles. The number of halogens is 2. The number of phenols is 3. The van der Waals surface area contributed by atoms with Crippen LogP contribution in [0.2, 0.25) is 0 Å². The molecule has 0 heterocycles. The number of phenolic OH excluding ortho intramolecular Hbond substituents is 3. The summed E-state index contributed by atoms with van der Waals surface area (Å²) < 4.78 is 5.57. The third kappa shape index (κ3) is 2.59. The Kier molecular flexibility index (Phi) is 4.71. The second kappa shape index (κ2) is 5.39. The normalized spacial score (nSPS) is 10.6. The molecule has 1 aromatic carbocycles. The fourth-order valence-electron chi connectivity index (χ4n) is 1.14. The fourth-order valence-corrected chi connectivity index (χ4v) is 2.85. The van der Waals surface area contributed by atoms with Gasteiger partial charge >= 0.3 is 0 Å². The molecule has 0 amide bonds. The first-order chi connectivity index (χ1) is 7.00. The van der Waals surface area contributed by atoms with E-state index in [0.29, 0.717) is 25.7 Å². The highest BCUT2D eigenvalue weighted by Gasteiger charge is 2.19. The molecule has 1 rings (SSSR count). The van der Waals surface area contributed by atoms with Crippen LogP contribution in [-0.2, 0) is 11.2 Å². The van der Waals surface area contributed by atoms with Crippen molar-refractivity contribution in [2.45, 2.75) is 6.42 Å². The Morgan fingerprint density at radius 3 is 1.87 bits per heavy atom. The van der Waals surface area contributed by atoms with Gasteiger partial charge in [0.2, 0.25) is 0 Å². The molecule has 0 aliphatic heterocycles. The molecular formula is C9H10I2O4. The van der Waals surface area contributed by atoms with Gasteiger partial charge < -0.3 is 20.1 Å². The predicted octanol–water partition coefficient (Wildman–Crippen LogP) is 2.20. The second-order valence-corrected chi connectivity index (χ2v) is 5.05. The number of ether oxygens (including phenoxy) is 1. The van der Waals surface area contributed by atoms with Gasteiger partial charge in [-0.15, -0.1) is 0 Å². The fraction of sp³-hybridized carbons (Fsp3) is 0.333. The smallest absolute Gasteiger partial charge is 0.149 e. The molecule has 0 unspecified atom stereocenters. The molecule has 0 fully saturated rings. The van der Waals surface area contributed by atoms with E-state index in [4.69, 9.17) is 4.74 Å². The zero-order chi connectivity index (χ0) is 11.6. The van der Waals surface area contributed by atoms with Gasteiger partial charge in [0, 0.05) is 19.1 Å². The maximum absolute atomic E-state index is 9.72. The van der Waals surface area contributed by atoms with E-state index in [1.54, 1.807) is 7.11 Å². The minimum Gasteiger partial charge on any atom is -0.506 e. The Balaban J connectivity index is 3.26. The first-order valence-corrected chi connectivity index (χ1v) is 6.26. The minimum absolute atomic E-state index is 0.0805. The van der Waals surface area contributed by atoms with Gasteiger partial charge in [0.1, 0.15) is 17.2 Å². The molecule has 0 aliphatic rings. The molecule has 1 aromatic rings. The van der Waals surface area contributed by atoms with Crippen LogP contribution in [0.25, 0.3) is 0 Å². The summed E-state index contributed by atoms with van der Waals surface area (Å²) in [6, 6.07) is 0. The molecule has 0 saturated heterocycles. The monoisotopic (exact) mass is 436 g/mol. The summed E-state index contributed by atoms with van der Waals surface area (Å²) in [6.45, 7) is 0.401. The zero-order valence-corrected chi connectivity index (χ0v) is 12.2. The van der Waals surface area contributed by atoms with Crippen LogP contribution < -0.4 is 0 Å². The molecule has 6 heteroatoms. The van der Waals surface area contributed by atoms with Crippen LogP contribution in [0.1, 0.15) is 5.56 Å². The van der Waals surface area contributed by atoms with Crippen LogP contribution in [-0.4, -0.2) is 29.0 Å². The van der Waals surface area contributed by atoms with Gasteiger partial charge in [-0.25, -0.2) is 0 Å². The van der Waals surface area contributed by atoms with Gasteiger partial charge in [-0.05, 0) is 45.2 Å². The van der Waals surface area contributed by atoms with Gasteiger partial charge in [-0.1, -0.05) is 0 Å². The Morgan fingerprint density at radius 2 is 1.47 bits per heavy atom. The van der Waals surface area contributed by atoms with E-state index in [1.807, 2.05) is 45.2 Å². The summed E-state index contributed by atoms with van der Waals surface area (Å²) in [5.74, 6) is -0.251. The van der Waals surface area contributed by atoms with Crippen LogP contribution in [0.3, 0.4) is 0 Å². The van der Waals surface area contributed by atoms with Crippen LogP contribution >= 0.6 is 45.2 Å². The van der Waals surface area contributed by atoms with Gasteiger partial charge in [-0.3, -0.25) is 0 Å². The van der Waals surface area contributed by atoms with Crippen LogP contribution in [0, 0.1) is 7.14 Å². The maximum Gasteiger partial charge on any atom is 0.149 e. The Hall–Kier alpha value is 0.0400. The van der Waals surface area contributed by atoms with Crippen molar-refractivity contribution in [2.75, 3.05) is 13.7 Å². The predicted molar refractivity (Wildman–Crippen MR) is 72.5 cm³/mol. The van der Waals surface area contributed by atoms with Crippen molar-refractivity contribution >= 4 is 45.2 Å². The Morgan fingerprint density at radius 1 is 1.00 bits per heavy atom. The lowest BCUT2D eigenvalue weighted by molar-refractivity contribution is 0.200. The van der Waals surface area contributed by atoms with Crippen molar-refractivity contribution in [3.8, 4) is 17.2 Å². The molecule has 0 spiro atoms.